The maximum absolute atomic E-state index is 11.7. The number of aryl methyl sites for hydroxylation is 1. The third-order valence-corrected chi connectivity index (χ3v) is 3.99. The topological polar surface area (TPSA) is 54.0 Å². The highest BCUT2D eigenvalue weighted by molar-refractivity contribution is 7.99. The van der Waals surface area contributed by atoms with Crippen LogP contribution < -0.4 is 9.63 Å². The summed E-state index contributed by atoms with van der Waals surface area (Å²) in [5.74, 6) is 2.16. The van der Waals surface area contributed by atoms with Crippen LogP contribution in [-0.4, -0.2) is 24.6 Å². The molecule has 1 aliphatic rings. The molecule has 0 saturated carbocycles. The van der Waals surface area contributed by atoms with Gasteiger partial charge < -0.3 is 10.1 Å². The van der Waals surface area contributed by atoms with E-state index >= 15 is 0 Å². The van der Waals surface area contributed by atoms with Crippen LogP contribution in [0.5, 0.6) is 0 Å². The molecule has 0 atom stereocenters. The van der Waals surface area contributed by atoms with Gasteiger partial charge in [-0.1, -0.05) is 0 Å². The summed E-state index contributed by atoms with van der Waals surface area (Å²) in [5, 5.41) is 20.9. The minimum absolute atomic E-state index is 0. The number of hydrogen-bond donors (Lipinski definition) is 0. The lowest BCUT2D eigenvalue weighted by atomic mass is 10.1. The molecule has 2 rings (SSSR count). The van der Waals surface area contributed by atoms with Crippen molar-refractivity contribution in [1.82, 2.24) is 0 Å². The van der Waals surface area contributed by atoms with E-state index in [0.717, 1.165) is 35.0 Å². The number of aromatic nitrogens is 1. The van der Waals surface area contributed by atoms with Crippen molar-refractivity contribution in [3.8, 4) is 6.07 Å². The first-order valence-corrected chi connectivity index (χ1v) is 6.77. The molecule has 1 saturated heterocycles. The molecule has 0 bridgehead atoms. The van der Waals surface area contributed by atoms with Crippen LogP contribution in [0.2, 0.25) is 0 Å². The van der Waals surface area contributed by atoms with E-state index < -0.39 is 0 Å². The summed E-state index contributed by atoms with van der Waals surface area (Å²) in [6, 6.07) is 3.99. The Morgan fingerprint density at radius 3 is 2.56 bits per heavy atom. The molecule has 4 nitrogen and oxygen atoms in total. The third kappa shape index (κ3) is 2.65. The number of thioether (sulfide) groups is 1. The molecule has 1 aliphatic heterocycles. The zero-order valence-electron chi connectivity index (χ0n) is 10.5. The molecule has 0 spiro atoms. The second-order valence-electron chi connectivity index (χ2n) is 4.14. The van der Waals surface area contributed by atoms with E-state index in [-0.39, 0.29) is 12.4 Å². The quantitative estimate of drug-likeness (QED) is 0.583. The summed E-state index contributed by atoms with van der Waals surface area (Å²) in [6.07, 6.45) is 0. The summed E-state index contributed by atoms with van der Waals surface area (Å²) in [5.41, 5.74) is 2.57. The summed E-state index contributed by atoms with van der Waals surface area (Å²) >= 11 is 1.93. The highest BCUT2D eigenvalue weighted by Crippen LogP contribution is 2.25. The molecule has 0 aliphatic carbocycles. The molecular formula is C12H16ClN3OS. The first-order chi connectivity index (χ1) is 8.15. The van der Waals surface area contributed by atoms with E-state index in [4.69, 9.17) is 0 Å². The largest absolute Gasteiger partial charge is 0.618 e. The van der Waals surface area contributed by atoms with Gasteiger partial charge in [-0.05, 0) is 0 Å². The van der Waals surface area contributed by atoms with Crippen LogP contribution in [0.4, 0.5) is 5.69 Å². The number of hydrogen-bond acceptors (Lipinski definition) is 4. The molecule has 0 radical (unpaired) electrons. The van der Waals surface area contributed by atoms with E-state index in [1.165, 1.54) is 0 Å². The third-order valence-electron chi connectivity index (χ3n) is 3.05. The van der Waals surface area contributed by atoms with Crippen molar-refractivity contribution in [2.75, 3.05) is 29.5 Å². The highest BCUT2D eigenvalue weighted by Gasteiger charge is 2.21. The molecule has 1 aromatic rings. The molecule has 0 unspecified atom stereocenters. The zero-order chi connectivity index (χ0) is 12.4. The average molecular weight is 286 g/mol. The molecule has 1 fully saturated rings. The highest BCUT2D eigenvalue weighted by atomic mass is 35.5. The van der Waals surface area contributed by atoms with Crippen LogP contribution in [0, 0.1) is 30.4 Å². The minimum Gasteiger partial charge on any atom is -0.618 e. The molecule has 18 heavy (non-hydrogen) atoms. The van der Waals surface area contributed by atoms with Gasteiger partial charge in [0.05, 0.1) is 5.69 Å². The lowest BCUT2D eigenvalue weighted by Gasteiger charge is -2.29. The number of nitriles is 1. The van der Waals surface area contributed by atoms with Gasteiger partial charge >= 0.3 is 0 Å². The summed E-state index contributed by atoms with van der Waals surface area (Å²) in [7, 11) is 0. The lowest BCUT2D eigenvalue weighted by Crippen LogP contribution is -2.38. The number of halogens is 1. The monoisotopic (exact) mass is 285 g/mol. The standard InChI is InChI=1S/C12H15N3OS.ClH/c1-9-7-12(14-3-5-17-6-4-14)11(8-13)10(2)15(9)16;/h7H,3-6H2,1-2H3;1H. The van der Waals surface area contributed by atoms with Crippen molar-refractivity contribution < 1.29 is 4.73 Å². The van der Waals surface area contributed by atoms with Crippen molar-refractivity contribution in [3.05, 3.63) is 28.2 Å². The number of pyridine rings is 1. The summed E-state index contributed by atoms with van der Waals surface area (Å²) < 4.78 is 0.834. The molecule has 6 heteroatoms. The number of nitrogens with zero attached hydrogens (tertiary/aromatic N) is 3. The fourth-order valence-electron chi connectivity index (χ4n) is 2.07. The van der Waals surface area contributed by atoms with Gasteiger partial charge in [-0.25, -0.2) is 0 Å². The normalized spacial score (nSPS) is 14.8. The van der Waals surface area contributed by atoms with Gasteiger partial charge in [0, 0.05) is 44.5 Å². The van der Waals surface area contributed by atoms with Crippen LogP contribution in [0.3, 0.4) is 0 Å². The Kier molecular flexibility index (Phi) is 5.12. The molecular weight excluding hydrogens is 270 g/mol. The zero-order valence-corrected chi connectivity index (χ0v) is 12.1. The van der Waals surface area contributed by atoms with Crippen LogP contribution in [0.25, 0.3) is 0 Å². The lowest BCUT2D eigenvalue weighted by molar-refractivity contribution is -0.619. The first-order valence-electron chi connectivity index (χ1n) is 5.61. The Balaban J connectivity index is 0.00000162. The second kappa shape index (κ2) is 6.17. The smallest absolute Gasteiger partial charge is 0.209 e. The molecule has 2 heterocycles. The second-order valence-corrected chi connectivity index (χ2v) is 5.36. The van der Waals surface area contributed by atoms with E-state index in [1.807, 2.05) is 17.8 Å². The predicted octanol–water partition coefficient (Wildman–Crippen LogP) is 1.78. The van der Waals surface area contributed by atoms with Crippen molar-refractivity contribution >= 4 is 29.9 Å². The molecule has 1 aromatic heterocycles. The maximum Gasteiger partial charge on any atom is 0.209 e. The molecule has 0 N–H and O–H groups in total. The van der Waals surface area contributed by atoms with Crippen LogP contribution in [0.1, 0.15) is 17.0 Å². The van der Waals surface area contributed by atoms with E-state index in [2.05, 4.69) is 11.0 Å². The Labute approximate surface area is 118 Å². The molecule has 0 aromatic carbocycles. The van der Waals surface area contributed by atoms with E-state index in [9.17, 15) is 10.5 Å². The van der Waals surface area contributed by atoms with Crippen LogP contribution in [0.15, 0.2) is 6.07 Å². The van der Waals surface area contributed by atoms with Crippen molar-refractivity contribution in [2.45, 2.75) is 13.8 Å². The minimum atomic E-state index is 0. The van der Waals surface area contributed by atoms with E-state index in [0.29, 0.717) is 17.0 Å². The van der Waals surface area contributed by atoms with Gasteiger partial charge in [-0.2, -0.15) is 21.8 Å². The van der Waals surface area contributed by atoms with Gasteiger partial charge in [-0.15, -0.1) is 12.4 Å². The molecule has 98 valence electrons. The van der Waals surface area contributed by atoms with Crippen molar-refractivity contribution in [1.29, 1.82) is 5.26 Å². The van der Waals surface area contributed by atoms with Crippen molar-refractivity contribution in [2.24, 2.45) is 0 Å². The van der Waals surface area contributed by atoms with Crippen molar-refractivity contribution in [3.63, 3.8) is 0 Å². The number of anilines is 1. The Morgan fingerprint density at radius 1 is 1.39 bits per heavy atom. The van der Waals surface area contributed by atoms with Gasteiger partial charge in [0.1, 0.15) is 11.6 Å². The van der Waals surface area contributed by atoms with Gasteiger partial charge in [0.25, 0.3) is 0 Å². The first kappa shape index (κ1) is 14.9. The summed E-state index contributed by atoms with van der Waals surface area (Å²) in [6.45, 7) is 5.38. The Hall–Kier alpha value is -1.12. The maximum atomic E-state index is 11.7. The fraction of sp³-hybridized carbons (Fsp3) is 0.500. The fourth-order valence-corrected chi connectivity index (χ4v) is 2.98. The van der Waals surface area contributed by atoms with Crippen LogP contribution in [-0.2, 0) is 0 Å². The molecule has 0 amide bonds. The van der Waals surface area contributed by atoms with Gasteiger partial charge in [0.2, 0.25) is 5.69 Å². The average Bonchev–Trinajstić information content (AvgIpc) is 2.36. The number of rotatable bonds is 1. The van der Waals surface area contributed by atoms with Crippen LogP contribution >= 0.6 is 24.2 Å². The SMILES string of the molecule is Cc1cc(N2CCSCC2)c(C#N)c(C)[n+]1[O-].Cl. The predicted molar refractivity (Wildman–Crippen MR) is 76.4 cm³/mol. The Bertz CT molecular complexity index is 481. The van der Waals surface area contributed by atoms with Gasteiger partial charge in [-0.3, -0.25) is 0 Å². The summed E-state index contributed by atoms with van der Waals surface area (Å²) in [4.78, 5) is 2.20. The van der Waals surface area contributed by atoms with Gasteiger partial charge in [0.15, 0.2) is 5.69 Å². The van der Waals surface area contributed by atoms with E-state index in [1.54, 1.807) is 13.8 Å². The Morgan fingerprint density at radius 2 is 2.00 bits per heavy atom.